The van der Waals surface area contributed by atoms with Crippen LogP contribution < -0.4 is 9.80 Å². The van der Waals surface area contributed by atoms with Gasteiger partial charge in [0, 0.05) is 44.7 Å². The third kappa shape index (κ3) is 3.90. The van der Waals surface area contributed by atoms with E-state index in [1.165, 1.54) is 24.2 Å². The SMILES string of the molecule is CC1CCN(c2nc3c(c(N4CCOCC4)n2)CN(C(=O)c2cccs2)CC3)CC1. The van der Waals surface area contributed by atoms with Crippen molar-refractivity contribution in [1.29, 1.82) is 0 Å². The van der Waals surface area contributed by atoms with Gasteiger partial charge in [-0.3, -0.25) is 4.79 Å². The summed E-state index contributed by atoms with van der Waals surface area (Å²) in [4.78, 5) is 30.4. The first-order valence-electron chi connectivity index (χ1n) is 11.0. The minimum atomic E-state index is 0.109. The van der Waals surface area contributed by atoms with Gasteiger partial charge in [-0.05, 0) is 30.2 Å². The van der Waals surface area contributed by atoms with Crippen molar-refractivity contribution < 1.29 is 9.53 Å². The number of carbonyl (C=O) groups is 1. The highest BCUT2D eigenvalue weighted by atomic mass is 32.1. The molecule has 2 aromatic heterocycles. The van der Waals surface area contributed by atoms with E-state index in [1.807, 2.05) is 22.4 Å². The third-order valence-corrected chi connectivity index (χ3v) is 7.28. The van der Waals surface area contributed by atoms with Crippen LogP contribution in [0.1, 0.15) is 40.7 Å². The van der Waals surface area contributed by atoms with E-state index in [0.29, 0.717) is 26.3 Å². The highest BCUT2D eigenvalue weighted by molar-refractivity contribution is 7.12. The zero-order valence-corrected chi connectivity index (χ0v) is 18.4. The number of rotatable bonds is 3. The third-order valence-electron chi connectivity index (χ3n) is 6.42. The number of anilines is 2. The highest BCUT2D eigenvalue weighted by Crippen LogP contribution is 2.31. The molecule has 0 aliphatic carbocycles. The Hall–Kier alpha value is -2.19. The second-order valence-electron chi connectivity index (χ2n) is 8.50. The second kappa shape index (κ2) is 8.51. The number of carbonyl (C=O) groups excluding carboxylic acids is 1. The summed E-state index contributed by atoms with van der Waals surface area (Å²) in [7, 11) is 0. The molecule has 0 N–H and O–H groups in total. The van der Waals surface area contributed by atoms with Gasteiger partial charge in [0.25, 0.3) is 5.91 Å². The number of hydrogen-bond acceptors (Lipinski definition) is 7. The summed E-state index contributed by atoms with van der Waals surface area (Å²) < 4.78 is 5.57. The van der Waals surface area contributed by atoms with Gasteiger partial charge in [-0.1, -0.05) is 13.0 Å². The summed E-state index contributed by atoms with van der Waals surface area (Å²) >= 11 is 1.50. The van der Waals surface area contributed by atoms with Gasteiger partial charge >= 0.3 is 0 Å². The molecule has 3 aliphatic heterocycles. The summed E-state index contributed by atoms with van der Waals surface area (Å²) in [6.07, 6.45) is 3.16. The van der Waals surface area contributed by atoms with Gasteiger partial charge in [0.1, 0.15) is 5.82 Å². The zero-order chi connectivity index (χ0) is 20.5. The number of amides is 1. The smallest absolute Gasteiger partial charge is 0.264 e. The first kappa shape index (κ1) is 19.8. The number of piperidine rings is 1. The number of ether oxygens (including phenoxy) is 1. The predicted molar refractivity (Wildman–Crippen MR) is 118 cm³/mol. The summed E-state index contributed by atoms with van der Waals surface area (Å²) in [5.41, 5.74) is 2.22. The van der Waals surface area contributed by atoms with Crippen LogP contribution in [0.5, 0.6) is 0 Å². The van der Waals surface area contributed by atoms with Crippen LogP contribution in [-0.2, 0) is 17.7 Å². The largest absolute Gasteiger partial charge is 0.378 e. The average Bonchev–Trinajstić information content (AvgIpc) is 3.33. The molecule has 8 heteroatoms. The highest BCUT2D eigenvalue weighted by Gasteiger charge is 2.30. The Kier molecular flexibility index (Phi) is 5.60. The fourth-order valence-corrected chi connectivity index (χ4v) is 5.19. The number of aromatic nitrogens is 2. The van der Waals surface area contributed by atoms with Crippen molar-refractivity contribution in [2.24, 2.45) is 5.92 Å². The quantitative estimate of drug-likeness (QED) is 0.751. The Morgan fingerprint density at radius 3 is 2.63 bits per heavy atom. The van der Waals surface area contributed by atoms with Crippen LogP contribution in [0, 0.1) is 5.92 Å². The maximum Gasteiger partial charge on any atom is 0.264 e. The minimum Gasteiger partial charge on any atom is -0.378 e. The Bertz CT molecular complexity index is 889. The van der Waals surface area contributed by atoms with Gasteiger partial charge in [0.2, 0.25) is 5.95 Å². The fraction of sp³-hybridized carbons (Fsp3) is 0.591. The van der Waals surface area contributed by atoms with Crippen LogP contribution >= 0.6 is 11.3 Å². The van der Waals surface area contributed by atoms with Crippen molar-refractivity contribution in [3.63, 3.8) is 0 Å². The van der Waals surface area contributed by atoms with Crippen LogP contribution in [0.3, 0.4) is 0 Å². The molecule has 30 heavy (non-hydrogen) atoms. The van der Waals surface area contributed by atoms with Gasteiger partial charge < -0.3 is 19.4 Å². The topological polar surface area (TPSA) is 61.8 Å². The molecule has 2 saturated heterocycles. The maximum atomic E-state index is 13.0. The summed E-state index contributed by atoms with van der Waals surface area (Å²) in [6.45, 7) is 8.74. The van der Waals surface area contributed by atoms with Gasteiger partial charge in [-0.2, -0.15) is 4.98 Å². The summed E-state index contributed by atoms with van der Waals surface area (Å²) in [5.74, 6) is 2.74. The Morgan fingerprint density at radius 1 is 1.10 bits per heavy atom. The van der Waals surface area contributed by atoms with E-state index in [9.17, 15) is 4.79 Å². The lowest BCUT2D eigenvalue weighted by atomic mass is 9.99. The Balaban J connectivity index is 1.47. The summed E-state index contributed by atoms with van der Waals surface area (Å²) in [5, 5.41) is 1.96. The van der Waals surface area contributed by atoms with Crippen LogP contribution in [0.15, 0.2) is 17.5 Å². The van der Waals surface area contributed by atoms with Gasteiger partial charge in [0.05, 0.1) is 30.3 Å². The zero-order valence-electron chi connectivity index (χ0n) is 17.5. The molecule has 5 rings (SSSR count). The lowest BCUT2D eigenvalue weighted by Crippen LogP contribution is -2.42. The molecule has 0 bridgehead atoms. The molecule has 0 saturated carbocycles. The molecule has 2 fully saturated rings. The number of fused-ring (bicyclic) bond motifs is 1. The van der Waals surface area contributed by atoms with E-state index in [2.05, 4.69) is 16.7 Å². The molecule has 5 heterocycles. The van der Waals surface area contributed by atoms with E-state index in [-0.39, 0.29) is 5.91 Å². The summed E-state index contributed by atoms with van der Waals surface area (Å²) in [6, 6.07) is 3.84. The van der Waals surface area contributed by atoms with Crippen molar-refractivity contribution in [2.75, 3.05) is 55.7 Å². The molecular formula is C22H29N5O2S. The van der Waals surface area contributed by atoms with E-state index in [1.54, 1.807) is 0 Å². The monoisotopic (exact) mass is 427 g/mol. The maximum absolute atomic E-state index is 13.0. The minimum absolute atomic E-state index is 0.109. The van der Waals surface area contributed by atoms with Gasteiger partial charge in [-0.15, -0.1) is 11.3 Å². The van der Waals surface area contributed by atoms with Crippen molar-refractivity contribution in [2.45, 2.75) is 32.7 Å². The second-order valence-corrected chi connectivity index (χ2v) is 9.44. The predicted octanol–water partition coefficient (Wildman–Crippen LogP) is 2.81. The molecule has 0 unspecified atom stereocenters. The molecular weight excluding hydrogens is 398 g/mol. The van der Waals surface area contributed by atoms with Crippen molar-refractivity contribution in [3.8, 4) is 0 Å². The number of nitrogens with zero attached hydrogens (tertiary/aromatic N) is 5. The normalized spacial score (nSPS) is 20.4. The van der Waals surface area contributed by atoms with Crippen LogP contribution in [0.25, 0.3) is 0 Å². The van der Waals surface area contributed by atoms with E-state index in [0.717, 1.165) is 66.4 Å². The molecule has 7 nitrogen and oxygen atoms in total. The number of hydrogen-bond donors (Lipinski definition) is 0. The number of thiophene rings is 1. The molecule has 0 atom stereocenters. The first-order chi connectivity index (χ1) is 14.7. The van der Waals surface area contributed by atoms with Crippen molar-refractivity contribution in [1.82, 2.24) is 14.9 Å². The lowest BCUT2D eigenvalue weighted by Gasteiger charge is -2.36. The molecule has 2 aromatic rings. The Morgan fingerprint density at radius 2 is 1.90 bits per heavy atom. The van der Waals surface area contributed by atoms with Gasteiger partial charge in [0.15, 0.2) is 0 Å². The molecule has 0 radical (unpaired) electrons. The standard InChI is InChI=1S/C22H29N5O2S/c1-16-4-7-26(8-5-16)22-23-18-6-9-27(21(28)19-3-2-14-30-19)15-17(18)20(24-22)25-10-12-29-13-11-25/h2-3,14,16H,4-13,15H2,1H3. The van der Waals surface area contributed by atoms with E-state index in [4.69, 9.17) is 14.7 Å². The van der Waals surface area contributed by atoms with Crippen molar-refractivity contribution in [3.05, 3.63) is 33.6 Å². The fourth-order valence-electron chi connectivity index (χ4n) is 4.50. The average molecular weight is 428 g/mol. The van der Waals surface area contributed by atoms with Crippen LogP contribution in [0.2, 0.25) is 0 Å². The molecule has 0 aromatic carbocycles. The molecule has 160 valence electrons. The van der Waals surface area contributed by atoms with Crippen molar-refractivity contribution >= 4 is 29.0 Å². The van der Waals surface area contributed by atoms with Crippen LogP contribution in [-0.4, -0.2) is 66.7 Å². The first-order valence-corrected chi connectivity index (χ1v) is 11.9. The van der Waals surface area contributed by atoms with Crippen LogP contribution in [0.4, 0.5) is 11.8 Å². The molecule has 3 aliphatic rings. The van der Waals surface area contributed by atoms with Gasteiger partial charge in [-0.25, -0.2) is 4.98 Å². The Labute approximate surface area is 181 Å². The van der Waals surface area contributed by atoms with E-state index >= 15 is 0 Å². The lowest BCUT2D eigenvalue weighted by molar-refractivity contribution is 0.0738. The molecule has 0 spiro atoms. The molecule has 1 amide bonds. The number of morpholine rings is 1. The van der Waals surface area contributed by atoms with E-state index < -0.39 is 0 Å².